The van der Waals surface area contributed by atoms with E-state index in [1.807, 2.05) is 18.2 Å². The average molecular weight is 289 g/mol. The number of ether oxygens (including phenoxy) is 1. The van der Waals surface area contributed by atoms with Crippen LogP contribution in [0.15, 0.2) is 29.1 Å². The van der Waals surface area contributed by atoms with Crippen molar-refractivity contribution in [3.8, 4) is 0 Å². The van der Waals surface area contributed by atoms with Crippen molar-refractivity contribution in [2.75, 3.05) is 20.3 Å². The summed E-state index contributed by atoms with van der Waals surface area (Å²) in [4.78, 5) is 19.3. The van der Waals surface area contributed by atoms with Gasteiger partial charge in [-0.2, -0.15) is 0 Å². The molecule has 1 heterocycles. The number of benzene rings is 1. The van der Waals surface area contributed by atoms with Crippen LogP contribution in [0.4, 0.5) is 0 Å². The van der Waals surface area contributed by atoms with Crippen molar-refractivity contribution in [1.82, 2.24) is 15.3 Å². The van der Waals surface area contributed by atoms with Gasteiger partial charge < -0.3 is 15.0 Å². The second-order valence-corrected chi connectivity index (χ2v) is 6.04. The molecule has 5 heteroatoms. The molecule has 0 amide bonds. The smallest absolute Gasteiger partial charge is 0.258 e. The van der Waals surface area contributed by atoms with E-state index in [0.29, 0.717) is 17.8 Å². The van der Waals surface area contributed by atoms with Crippen LogP contribution in [-0.2, 0) is 11.3 Å². The van der Waals surface area contributed by atoms with Gasteiger partial charge in [0.05, 0.1) is 17.4 Å². The summed E-state index contributed by atoms with van der Waals surface area (Å²) >= 11 is 0. The summed E-state index contributed by atoms with van der Waals surface area (Å²) in [5.41, 5.74) is 0.792. The van der Waals surface area contributed by atoms with Gasteiger partial charge in [0, 0.05) is 20.3 Å². The number of nitrogens with zero attached hydrogens (tertiary/aromatic N) is 1. The molecule has 1 aromatic heterocycles. The molecular formula is C16H23N3O2. The number of para-hydroxylation sites is 1. The van der Waals surface area contributed by atoms with Gasteiger partial charge in [0.15, 0.2) is 0 Å². The molecule has 0 radical (unpaired) electrons. The maximum atomic E-state index is 12.0. The number of methoxy groups -OCH3 is 1. The molecular weight excluding hydrogens is 266 g/mol. The number of nitrogens with one attached hydrogen (secondary N) is 2. The molecule has 0 saturated carbocycles. The molecule has 1 aromatic carbocycles. The standard InChI is InChI=1S/C16H23N3O2/c1-16(2,8-9-21-3)11-17-10-14-18-13-7-5-4-6-12(13)15(20)19-14/h4-7,17H,8-11H2,1-3H3,(H,18,19,20). The Morgan fingerprint density at radius 1 is 1.33 bits per heavy atom. The van der Waals surface area contributed by atoms with Gasteiger partial charge in [0.25, 0.3) is 5.56 Å². The number of hydrogen-bond acceptors (Lipinski definition) is 4. The number of H-pyrrole nitrogens is 1. The molecule has 0 bridgehead atoms. The fourth-order valence-electron chi connectivity index (χ4n) is 2.20. The first kappa shape index (κ1) is 15.7. The molecule has 2 N–H and O–H groups in total. The minimum Gasteiger partial charge on any atom is -0.385 e. The van der Waals surface area contributed by atoms with Crippen LogP contribution in [0.5, 0.6) is 0 Å². The van der Waals surface area contributed by atoms with Crippen LogP contribution in [0, 0.1) is 5.41 Å². The number of hydrogen-bond donors (Lipinski definition) is 2. The van der Waals surface area contributed by atoms with Gasteiger partial charge in [0.1, 0.15) is 5.82 Å². The summed E-state index contributed by atoms with van der Waals surface area (Å²) in [7, 11) is 1.72. The van der Waals surface area contributed by atoms with Crippen LogP contribution in [0.1, 0.15) is 26.1 Å². The second-order valence-electron chi connectivity index (χ2n) is 6.04. The van der Waals surface area contributed by atoms with E-state index >= 15 is 0 Å². The Morgan fingerprint density at radius 3 is 2.86 bits per heavy atom. The number of fused-ring (bicyclic) bond motifs is 1. The van der Waals surface area contributed by atoms with E-state index < -0.39 is 0 Å². The normalized spacial score (nSPS) is 12.0. The zero-order chi connectivity index (χ0) is 15.3. The van der Waals surface area contributed by atoms with Gasteiger partial charge >= 0.3 is 0 Å². The van der Waals surface area contributed by atoms with E-state index in [9.17, 15) is 4.79 Å². The number of aromatic amines is 1. The van der Waals surface area contributed by atoms with Crippen molar-refractivity contribution >= 4 is 10.9 Å². The number of aromatic nitrogens is 2. The molecule has 2 aromatic rings. The van der Waals surface area contributed by atoms with Gasteiger partial charge in [0.2, 0.25) is 0 Å². The topological polar surface area (TPSA) is 67.0 Å². The summed E-state index contributed by atoms with van der Waals surface area (Å²) in [5, 5.41) is 3.98. The van der Waals surface area contributed by atoms with Crippen molar-refractivity contribution in [3.05, 3.63) is 40.4 Å². The first-order valence-electron chi connectivity index (χ1n) is 7.19. The Morgan fingerprint density at radius 2 is 2.10 bits per heavy atom. The molecule has 0 fully saturated rings. The molecule has 0 saturated heterocycles. The van der Waals surface area contributed by atoms with Gasteiger partial charge in [-0.1, -0.05) is 26.0 Å². The Kier molecular flexibility index (Phi) is 5.09. The Balaban J connectivity index is 1.99. The van der Waals surface area contributed by atoms with Crippen LogP contribution in [0.3, 0.4) is 0 Å². The highest BCUT2D eigenvalue weighted by Gasteiger charge is 2.17. The van der Waals surface area contributed by atoms with Gasteiger partial charge in [-0.25, -0.2) is 4.98 Å². The summed E-state index contributed by atoms with van der Waals surface area (Å²) in [5.74, 6) is 0.668. The summed E-state index contributed by atoms with van der Waals surface area (Å²) < 4.78 is 5.12. The fraction of sp³-hybridized carbons (Fsp3) is 0.500. The molecule has 0 spiro atoms. The fourth-order valence-corrected chi connectivity index (χ4v) is 2.20. The first-order chi connectivity index (χ1) is 10.0. The zero-order valence-electron chi connectivity index (χ0n) is 12.9. The lowest BCUT2D eigenvalue weighted by Crippen LogP contribution is -2.31. The highest BCUT2D eigenvalue weighted by Crippen LogP contribution is 2.18. The molecule has 0 unspecified atom stereocenters. The summed E-state index contributed by atoms with van der Waals surface area (Å²) in [6.45, 7) is 6.52. The largest absolute Gasteiger partial charge is 0.385 e. The number of rotatable bonds is 7. The van der Waals surface area contributed by atoms with Gasteiger partial charge in [-0.3, -0.25) is 4.79 Å². The predicted molar refractivity (Wildman–Crippen MR) is 84.3 cm³/mol. The molecule has 0 aliphatic heterocycles. The van der Waals surface area contributed by atoms with Crippen molar-refractivity contribution in [3.63, 3.8) is 0 Å². The van der Waals surface area contributed by atoms with Crippen molar-refractivity contribution in [2.45, 2.75) is 26.8 Å². The highest BCUT2D eigenvalue weighted by molar-refractivity contribution is 5.77. The third-order valence-electron chi connectivity index (χ3n) is 3.54. The van der Waals surface area contributed by atoms with E-state index in [-0.39, 0.29) is 11.0 Å². The van der Waals surface area contributed by atoms with Gasteiger partial charge in [-0.15, -0.1) is 0 Å². The molecule has 0 aliphatic carbocycles. The lowest BCUT2D eigenvalue weighted by Gasteiger charge is -2.24. The monoisotopic (exact) mass is 289 g/mol. The lowest BCUT2D eigenvalue weighted by atomic mass is 9.90. The van der Waals surface area contributed by atoms with E-state index in [0.717, 1.165) is 25.1 Å². The van der Waals surface area contributed by atoms with E-state index in [1.54, 1.807) is 13.2 Å². The zero-order valence-corrected chi connectivity index (χ0v) is 12.9. The Bertz CT molecular complexity index is 649. The predicted octanol–water partition coefficient (Wildman–Crippen LogP) is 2.08. The van der Waals surface area contributed by atoms with E-state index in [2.05, 4.69) is 29.1 Å². The van der Waals surface area contributed by atoms with Gasteiger partial charge in [-0.05, 0) is 24.0 Å². The van der Waals surface area contributed by atoms with Crippen LogP contribution in [0.2, 0.25) is 0 Å². The van der Waals surface area contributed by atoms with E-state index in [1.165, 1.54) is 0 Å². The Labute approximate surface area is 124 Å². The lowest BCUT2D eigenvalue weighted by molar-refractivity contribution is 0.150. The van der Waals surface area contributed by atoms with Crippen molar-refractivity contribution < 1.29 is 4.74 Å². The van der Waals surface area contributed by atoms with E-state index in [4.69, 9.17) is 4.74 Å². The maximum Gasteiger partial charge on any atom is 0.258 e. The molecule has 0 atom stereocenters. The first-order valence-corrected chi connectivity index (χ1v) is 7.19. The third-order valence-corrected chi connectivity index (χ3v) is 3.54. The van der Waals surface area contributed by atoms with Crippen LogP contribution in [0.25, 0.3) is 10.9 Å². The molecule has 0 aliphatic rings. The quantitative estimate of drug-likeness (QED) is 0.819. The SMILES string of the molecule is COCCC(C)(C)CNCc1nc2ccccc2c(=O)[nH]1. The average Bonchev–Trinajstić information content (AvgIpc) is 2.45. The second kappa shape index (κ2) is 6.83. The van der Waals surface area contributed by atoms with Crippen molar-refractivity contribution in [1.29, 1.82) is 0 Å². The van der Waals surface area contributed by atoms with Crippen molar-refractivity contribution in [2.24, 2.45) is 5.41 Å². The molecule has 2 rings (SSSR count). The van der Waals surface area contributed by atoms with Crippen LogP contribution >= 0.6 is 0 Å². The molecule has 21 heavy (non-hydrogen) atoms. The van der Waals surface area contributed by atoms with Crippen LogP contribution in [-0.4, -0.2) is 30.2 Å². The molecule has 5 nitrogen and oxygen atoms in total. The summed E-state index contributed by atoms with van der Waals surface area (Å²) in [6.07, 6.45) is 0.984. The maximum absolute atomic E-state index is 12.0. The summed E-state index contributed by atoms with van der Waals surface area (Å²) in [6, 6.07) is 7.37. The molecule has 114 valence electrons. The highest BCUT2D eigenvalue weighted by atomic mass is 16.5. The Hall–Kier alpha value is -1.72. The minimum absolute atomic E-state index is 0.0870. The van der Waals surface area contributed by atoms with Crippen LogP contribution < -0.4 is 10.9 Å². The third kappa shape index (κ3) is 4.37. The minimum atomic E-state index is -0.0870.